The number of thiophene rings is 1. The van der Waals surface area contributed by atoms with E-state index < -0.39 is 5.97 Å². The second-order valence-electron chi connectivity index (χ2n) is 5.43. The number of aromatic carboxylic acids is 1. The van der Waals surface area contributed by atoms with Crippen molar-refractivity contribution < 1.29 is 14.7 Å². The molecule has 1 aliphatic heterocycles. The number of carbonyl (C=O) groups excluding carboxylic acids is 1. The summed E-state index contributed by atoms with van der Waals surface area (Å²) in [5, 5.41) is 8.89. The maximum atomic E-state index is 12.4. The average molecular weight is 282 g/mol. The first-order valence-corrected chi connectivity index (χ1v) is 6.96. The number of amides is 1. The van der Waals surface area contributed by atoms with Crippen molar-refractivity contribution in [2.75, 3.05) is 26.7 Å². The van der Waals surface area contributed by atoms with E-state index >= 15 is 0 Å². The smallest absolute Gasteiger partial charge is 0.345 e. The molecule has 104 valence electrons. The molecule has 1 saturated heterocycles. The third-order valence-electron chi connectivity index (χ3n) is 3.63. The van der Waals surface area contributed by atoms with Crippen molar-refractivity contribution in [2.24, 2.45) is 0 Å². The molecule has 6 heteroatoms. The van der Waals surface area contributed by atoms with Gasteiger partial charge in [-0.15, -0.1) is 11.3 Å². The molecule has 1 amide bonds. The number of nitrogens with zero attached hydrogens (tertiary/aromatic N) is 2. The Morgan fingerprint density at radius 2 is 1.89 bits per heavy atom. The quantitative estimate of drug-likeness (QED) is 0.895. The largest absolute Gasteiger partial charge is 0.477 e. The number of likely N-dealkylation sites (N-methyl/N-ethyl adjacent to an activating group) is 1. The lowest BCUT2D eigenvalue weighted by Crippen LogP contribution is -2.58. The van der Waals surface area contributed by atoms with Gasteiger partial charge in [0, 0.05) is 25.2 Å². The number of hydrogen-bond donors (Lipinski definition) is 1. The Labute approximate surface area is 116 Å². The Morgan fingerprint density at radius 1 is 1.26 bits per heavy atom. The van der Waals surface area contributed by atoms with Gasteiger partial charge in [0.2, 0.25) is 0 Å². The van der Waals surface area contributed by atoms with E-state index in [0.29, 0.717) is 18.0 Å². The molecule has 19 heavy (non-hydrogen) atoms. The van der Waals surface area contributed by atoms with Crippen LogP contribution < -0.4 is 0 Å². The Morgan fingerprint density at radius 3 is 2.42 bits per heavy atom. The van der Waals surface area contributed by atoms with E-state index in [0.717, 1.165) is 17.9 Å². The number of piperazine rings is 1. The van der Waals surface area contributed by atoms with Crippen LogP contribution in [0.25, 0.3) is 0 Å². The molecule has 1 aliphatic rings. The summed E-state index contributed by atoms with van der Waals surface area (Å²) in [6.07, 6.45) is 0. The Balaban J connectivity index is 2.13. The third kappa shape index (κ3) is 2.79. The van der Waals surface area contributed by atoms with Crippen molar-refractivity contribution in [1.29, 1.82) is 0 Å². The molecule has 2 rings (SSSR count). The van der Waals surface area contributed by atoms with Crippen molar-refractivity contribution >= 4 is 23.2 Å². The fourth-order valence-electron chi connectivity index (χ4n) is 2.14. The SMILES string of the molecule is CN1CCN(C(=O)c2ccc(C(=O)O)s2)CC1(C)C. The van der Waals surface area contributed by atoms with Crippen molar-refractivity contribution in [3.63, 3.8) is 0 Å². The lowest BCUT2D eigenvalue weighted by molar-refractivity contribution is 0.0315. The third-order valence-corrected chi connectivity index (χ3v) is 4.69. The second kappa shape index (κ2) is 4.94. The first kappa shape index (κ1) is 14.0. The zero-order valence-corrected chi connectivity index (χ0v) is 12.2. The predicted molar refractivity (Wildman–Crippen MR) is 73.9 cm³/mol. The van der Waals surface area contributed by atoms with E-state index in [1.807, 2.05) is 0 Å². The van der Waals surface area contributed by atoms with Crippen molar-refractivity contribution in [3.8, 4) is 0 Å². The number of rotatable bonds is 2. The predicted octanol–water partition coefficient (Wildman–Crippen LogP) is 1.61. The van der Waals surface area contributed by atoms with Gasteiger partial charge < -0.3 is 10.0 Å². The topological polar surface area (TPSA) is 60.9 Å². The van der Waals surface area contributed by atoms with Crippen LogP contribution in [-0.2, 0) is 0 Å². The van der Waals surface area contributed by atoms with Gasteiger partial charge in [0.15, 0.2) is 0 Å². The molecular weight excluding hydrogens is 264 g/mol. The Kier molecular flexibility index (Phi) is 3.64. The minimum absolute atomic E-state index is 0.0548. The molecule has 0 aliphatic carbocycles. The highest BCUT2D eigenvalue weighted by Gasteiger charge is 2.33. The van der Waals surface area contributed by atoms with Gasteiger partial charge in [0.05, 0.1) is 4.88 Å². The van der Waals surface area contributed by atoms with Crippen molar-refractivity contribution in [2.45, 2.75) is 19.4 Å². The highest BCUT2D eigenvalue weighted by Crippen LogP contribution is 2.23. The lowest BCUT2D eigenvalue weighted by Gasteiger charge is -2.45. The zero-order valence-electron chi connectivity index (χ0n) is 11.3. The summed E-state index contributed by atoms with van der Waals surface area (Å²) in [4.78, 5) is 27.9. The van der Waals surface area contributed by atoms with Gasteiger partial charge in [-0.3, -0.25) is 9.69 Å². The monoisotopic (exact) mass is 282 g/mol. The van der Waals surface area contributed by atoms with E-state index in [-0.39, 0.29) is 16.3 Å². The number of hydrogen-bond acceptors (Lipinski definition) is 4. The van der Waals surface area contributed by atoms with Crippen LogP contribution >= 0.6 is 11.3 Å². The van der Waals surface area contributed by atoms with E-state index in [1.165, 1.54) is 6.07 Å². The molecule has 0 atom stereocenters. The van der Waals surface area contributed by atoms with Crippen LogP contribution in [0.2, 0.25) is 0 Å². The molecule has 0 spiro atoms. The average Bonchev–Trinajstić information content (AvgIpc) is 2.81. The fourth-order valence-corrected chi connectivity index (χ4v) is 2.95. The summed E-state index contributed by atoms with van der Waals surface area (Å²) in [7, 11) is 2.05. The summed E-state index contributed by atoms with van der Waals surface area (Å²) in [5.41, 5.74) is -0.0548. The molecule has 1 aromatic rings. The van der Waals surface area contributed by atoms with Crippen LogP contribution in [0.5, 0.6) is 0 Å². The molecule has 1 N–H and O–H groups in total. The van der Waals surface area contributed by atoms with Crippen LogP contribution in [0.15, 0.2) is 12.1 Å². The minimum atomic E-state index is -0.984. The molecule has 2 heterocycles. The number of carboxylic acid groups (broad SMARTS) is 1. The van der Waals surface area contributed by atoms with Crippen LogP contribution in [0.3, 0.4) is 0 Å². The molecule has 1 fully saturated rings. The van der Waals surface area contributed by atoms with Crippen LogP contribution in [0, 0.1) is 0 Å². The summed E-state index contributed by atoms with van der Waals surface area (Å²) in [5.74, 6) is -1.05. The summed E-state index contributed by atoms with van der Waals surface area (Å²) < 4.78 is 0. The van der Waals surface area contributed by atoms with Crippen LogP contribution in [-0.4, -0.2) is 59.0 Å². The van der Waals surface area contributed by atoms with Gasteiger partial charge >= 0.3 is 5.97 Å². The highest BCUT2D eigenvalue weighted by atomic mass is 32.1. The maximum Gasteiger partial charge on any atom is 0.345 e. The number of carboxylic acids is 1. The standard InChI is InChI=1S/C13H18N2O3S/c1-13(2)8-15(7-6-14(13)3)11(16)9-4-5-10(19-9)12(17)18/h4-5H,6-8H2,1-3H3,(H,17,18). The van der Waals surface area contributed by atoms with E-state index in [2.05, 4.69) is 25.8 Å². The summed E-state index contributed by atoms with van der Waals surface area (Å²) >= 11 is 1.04. The fraction of sp³-hybridized carbons (Fsp3) is 0.538. The molecule has 0 unspecified atom stereocenters. The van der Waals surface area contributed by atoms with Gasteiger partial charge in [-0.05, 0) is 33.0 Å². The molecule has 0 radical (unpaired) electrons. The van der Waals surface area contributed by atoms with E-state index in [9.17, 15) is 9.59 Å². The van der Waals surface area contributed by atoms with Gasteiger partial charge in [-0.25, -0.2) is 4.79 Å². The van der Waals surface area contributed by atoms with E-state index in [4.69, 9.17) is 5.11 Å². The molecule has 0 saturated carbocycles. The summed E-state index contributed by atoms with van der Waals surface area (Å²) in [6, 6.07) is 3.09. The molecule has 1 aromatic heterocycles. The lowest BCUT2D eigenvalue weighted by atomic mass is 9.99. The Hall–Kier alpha value is -1.40. The number of carbonyl (C=O) groups is 2. The first-order chi connectivity index (χ1) is 8.81. The minimum Gasteiger partial charge on any atom is -0.477 e. The van der Waals surface area contributed by atoms with Crippen molar-refractivity contribution in [3.05, 3.63) is 21.9 Å². The molecule has 0 aromatic carbocycles. The van der Waals surface area contributed by atoms with Crippen LogP contribution in [0.4, 0.5) is 0 Å². The first-order valence-electron chi connectivity index (χ1n) is 6.15. The van der Waals surface area contributed by atoms with E-state index in [1.54, 1.807) is 11.0 Å². The van der Waals surface area contributed by atoms with Gasteiger partial charge in [-0.2, -0.15) is 0 Å². The molecular formula is C13H18N2O3S. The van der Waals surface area contributed by atoms with Gasteiger partial charge in [0.1, 0.15) is 4.88 Å². The van der Waals surface area contributed by atoms with Crippen molar-refractivity contribution in [1.82, 2.24) is 9.80 Å². The maximum absolute atomic E-state index is 12.4. The summed E-state index contributed by atoms with van der Waals surface area (Å²) in [6.45, 7) is 6.37. The van der Waals surface area contributed by atoms with Crippen LogP contribution in [0.1, 0.15) is 33.2 Å². The molecule has 5 nitrogen and oxygen atoms in total. The zero-order chi connectivity index (χ0) is 14.2. The van der Waals surface area contributed by atoms with Gasteiger partial charge in [-0.1, -0.05) is 0 Å². The molecule has 0 bridgehead atoms. The second-order valence-corrected chi connectivity index (χ2v) is 6.51. The Bertz CT molecular complexity index is 510. The van der Waals surface area contributed by atoms with Gasteiger partial charge in [0.25, 0.3) is 5.91 Å². The normalized spacial score (nSPS) is 19.4. The highest BCUT2D eigenvalue weighted by molar-refractivity contribution is 7.15.